The molecule has 0 bridgehead atoms. The van der Waals surface area contributed by atoms with Gasteiger partial charge in [0.15, 0.2) is 5.13 Å². The van der Waals surface area contributed by atoms with Crippen molar-refractivity contribution in [3.8, 4) is 0 Å². The Hall–Kier alpha value is -1.86. The molecule has 0 aliphatic carbocycles. The normalized spacial score (nSPS) is 10.8. The van der Waals surface area contributed by atoms with Crippen LogP contribution in [0.15, 0.2) is 39.5 Å². The zero-order valence-electron chi connectivity index (χ0n) is 9.38. The lowest BCUT2D eigenvalue weighted by Crippen LogP contribution is -1.91. The summed E-state index contributed by atoms with van der Waals surface area (Å²) in [4.78, 5) is 15.2. The lowest BCUT2D eigenvalue weighted by molar-refractivity contribution is 0.0701. The molecule has 0 aliphatic rings. The Morgan fingerprint density at radius 1 is 1.42 bits per heavy atom. The van der Waals surface area contributed by atoms with Gasteiger partial charge in [0.05, 0.1) is 6.26 Å². The molecule has 19 heavy (non-hydrogen) atoms. The Balaban J connectivity index is 1.91. The number of rotatable bonds is 3. The molecule has 2 N–H and O–H groups in total. The average Bonchev–Trinajstić information content (AvgIpc) is 2.95. The van der Waals surface area contributed by atoms with Gasteiger partial charge in [-0.2, -0.15) is 0 Å². The monoisotopic (exact) mass is 338 g/mol. The van der Waals surface area contributed by atoms with Gasteiger partial charge in [0.25, 0.3) is 0 Å². The number of hydrogen-bond donors (Lipinski definition) is 2. The number of nitrogens with zero attached hydrogens (tertiary/aromatic N) is 1. The van der Waals surface area contributed by atoms with Crippen LogP contribution in [0, 0.1) is 0 Å². The molecule has 0 atom stereocenters. The van der Waals surface area contributed by atoms with Gasteiger partial charge in [0, 0.05) is 11.1 Å². The van der Waals surface area contributed by atoms with Crippen molar-refractivity contribution in [3.63, 3.8) is 0 Å². The minimum absolute atomic E-state index is 0.173. The van der Waals surface area contributed by atoms with Crippen LogP contribution in [0.5, 0.6) is 0 Å². The van der Waals surface area contributed by atoms with Crippen molar-refractivity contribution < 1.29 is 14.3 Å². The van der Waals surface area contributed by atoms with Crippen LogP contribution >= 0.6 is 27.3 Å². The quantitative estimate of drug-likeness (QED) is 0.752. The third kappa shape index (κ3) is 2.34. The maximum atomic E-state index is 10.9. The second-order valence-electron chi connectivity index (χ2n) is 3.74. The first-order chi connectivity index (χ1) is 9.13. The molecule has 96 valence electrons. The Morgan fingerprint density at radius 3 is 3.00 bits per heavy atom. The summed E-state index contributed by atoms with van der Waals surface area (Å²) in [5.74, 6) is -0.997. The maximum Gasteiger partial charge on any atom is 0.348 e. The predicted octanol–water partition coefficient (Wildman–Crippen LogP) is 4.09. The third-order valence-electron chi connectivity index (χ3n) is 2.48. The molecule has 0 unspecified atom stereocenters. The summed E-state index contributed by atoms with van der Waals surface area (Å²) in [6, 6.07) is 7.47. The average molecular weight is 339 g/mol. The zero-order chi connectivity index (χ0) is 13.4. The fourth-order valence-electron chi connectivity index (χ4n) is 1.65. The number of carboxylic acid groups (broad SMARTS) is 1. The lowest BCUT2D eigenvalue weighted by Gasteiger charge is -2.01. The summed E-state index contributed by atoms with van der Waals surface area (Å²) in [5.41, 5.74) is 1.63. The van der Waals surface area contributed by atoms with E-state index in [9.17, 15) is 4.79 Å². The van der Waals surface area contributed by atoms with Gasteiger partial charge in [0.1, 0.15) is 15.1 Å². The van der Waals surface area contributed by atoms with Gasteiger partial charge in [-0.15, -0.1) is 0 Å². The standard InChI is InChI=1S/C12H7BrN2O3S/c13-10-9(11(16)17)19-12(15-10)14-7-1-2-8-6(5-7)3-4-18-8/h1-5H,(H,14,15)(H,16,17). The van der Waals surface area contributed by atoms with E-state index in [1.807, 2.05) is 24.3 Å². The number of carbonyl (C=O) groups is 1. The number of nitrogens with one attached hydrogen (secondary N) is 1. The molecule has 2 heterocycles. The van der Waals surface area contributed by atoms with Crippen molar-refractivity contribution in [2.75, 3.05) is 5.32 Å². The largest absolute Gasteiger partial charge is 0.477 e. The summed E-state index contributed by atoms with van der Waals surface area (Å²) in [7, 11) is 0. The first-order valence-corrected chi connectivity index (χ1v) is 6.88. The van der Waals surface area contributed by atoms with Gasteiger partial charge >= 0.3 is 5.97 Å². The molecule has 2 aromatic heterocycles. The van der Waals surface area contributed by atoms with E-state index in [1.54, 1.807) is 6.26 Å². The van der Waals surface area contributed by atoms with E-state index < -0.39 is 5.97 Å². The van der Waals surface area contributed by atoms with Gasteiger partial charge in [-0.05, 0) is 40.2 Å². The predicted molar refractivity (Wildman–Crippen MR) is 76.3 cm³/mol. The summed E-state index contributed by atoms with van der Waals surface area (Å²) in [5, 5.41) is 13.5. The molecule has 7 heteroatoms. The highest BCUT2D eigenvalue weighted by Gasteiger charge is 2.15. The van der Waals surface area contributed by atoms with Crippen LogP contribution in [0.2, 0.25) is 0 Å². The molecule has 0 radical (unpaired) electrons. The molecule has 1 aromatic carbocycles. The minimum Gasteiger partial charge on any atom is -0.477 e. The van der Waals surface area contributed by atoms with Crippen molar-refractivity contribution in [1.82, 2.24) is 4.98 Å². The Morgan fingerprint density at radius 2 is 2.26 bits per heavy atom. The van der Waals surface area contributed by atoms with Gasteiger partial charge < -0.3 is 14.8 Å². The number of fused-ring (bicyclic) bond motifs is 1. The molecule has 5 nitrogen and oxygen atoms in total. The fraction of sp³-hybridized carbons (Fsp3) is 0. The van der Waals surface area contributed by atoms with E-state index in [0.29, 0.717) is 9.73 Å². The highest BCUT2D eigenvalue weighted by molar-refractivity contribution is 9.10. The number of benzene rings is 1. The molecule has 3 aromatic rings. The smallest absolute Gasteiger partial charge is 0.348 e. The molecule has 0 saturated carbocycles. The molecule has 0 fully saturated rings. The highest BCUT2D eigenvalue weighted by atomic mass is 79.9. The SMILES string of the molecule is O=C(O)c1sc(Nc2ccc3occc3c2)nc1Br. The number of aromatic carboxylic acids is 1. The van der Waals surface area contributed by atoms with E-state index in [-0.39, 0.29) is 4.88 Å². The second-order valence-corrected chi connectivity index (χ2v) is 5.49. The summed E-state index contributed by atoms with van der Waals surface area (Å²) in [6.07, 6.45) is 1.62. The Bertz CT molecular complexity index is 765. The molecule has 0 amide bonds. The van der Waals surface area contributed by atoms with Crippen LogP contribution < -0.4 is 5.32 Å². The van der Waals surface area contributed by atoms with E-state index in [2.05, 4.69) is 26.2 Å². The van der Waals surface area contributed by atoms with Crippen molar-refractivity contribution >= 4 is 55.0 Å². The number of anilines is 2. The van der Waals surface area contributed by atoms with Crippen molar-refractivity contribution in [3.05, 3.63) is 40.0 Å². The van der Waals surface area contributed by atoms with Crippen LogP contribution in [0.3, 0.4) is 0 Å². The first-order valence-electron chi connectivity index (χ1n) is 5.27. The van der Waals surface area contributed by atoms with E-state index in [0.717, 1.165) is 28.0 Å². The van der Waals surface area contributed by atoms with Crippen LogP contribution in [-0.4, -0.2) is 16.1 Å². The van der Waals surface area contributed by atoms with Crippen molar-refractivity contribution in [2.24, 2.45) is 0 Å². The molecular formula is C12H7BrN2O3S. The maximum absolute atomic E-state index is 10.9. The van der Waals surface area contributed by atoms with Crippen LogP contribution in [0.1, 0.15) is 9.67 Å². The zero-order valence-corrected chi connectivity index (χ0v) is 11.8. The van der Waals surface area contributed by atoms with Gasteiger partial charge in [-0.25, -0.2) is 9.78 Å². The number of furan rings is 1. The summed E-state index contributed by atoms with van der Waals surface area (Å²) in [6.45, 7) is 0. The Labute approximate surface area is 120 Å². The van der Waals surface area contributed by atoms with Crippen LogP contribution in [0.25, 0.3) is 11.0 Å². The van der Waals surface area contributed by atoms with E-state index >= 15 is 0 Å². The Kier molecular flexibility index (Phi) is 3.00. The summed E-state index contributed by atoms with van der Waals surface area (Å²) < 4.78 is 5.58. The minimum atomic E-state index is -0.997. The van der Waals surface area contributed by atoms with Crippen molar-refractivity contribution in [1.29, 1.82) is 0 Å². The van der Waals surface area contributed by atoms with Gasteiger partial charge in [-0.3, -0.25) is 0 Å². The van der Waals surface area contributed by atoms with E-state index in [4.69, 9.17) is 9.52 Å². The third-order valence-corrected chi connectivity index (χ3v) is 4.28. The summed E-state index contributed by atoms with van der Waals surface area (Å²) >= 11 is 4.21. The molecule has 3 rings (SSSR count). The van der Waals surface area contributed by atoms with Crippen LogP contribution in [0.4, 0.5) is 10.8 Å². The second kappa shape index (κ2) is 4.67. The highest BCUT2D eigenvalue weighted by Crippen LogP contribution is 2.30. The lowest BCUT2D eigenvalue weighted by atomic mass is 10.2. The van der Waals surface area contributed by atoms with Crippen molar-refractivity contribution in [2.45, 2.75) is 0 Å². The molecular weight excluding hydrogens is 332 g/mol. The first kappa shape index (κ1) is 12.2. The van der Waals surface area contributed by atoms with Crippen LogP contribution in [-0.2, 0) is 0 Å². The topological polar surface area (TPSA) is 75.4 Å². The van der Waals surface area contributed by atoms with Gasteiger partial charge in [-0.1, -0.05) is 11.3 Å². The number of halogens is 1. The number of hydrogen-bond acceptors (Lipinski definition) is 5. The van der Waals surface area contributed by atoms with E-state index in [1.165, 1.54) is 0 Å². The number of aromatic nitrogens is 1. The number of carboxylic acids is 1. The molecule has 0 aliphatic heterocycles. The fourth-order valence-corrected chi connectivity index (χ4v) is 3.08. The number of thiazole rings is 1. The molecule has 0 spiro atoms. The van der Waals surface area contributed by atoms with Gasteiger partial charge in [0.2, 0.25) is 0 Å². The molecule has 0 saturated heterocycles.